The Balaban J connectivity index is 0.000000145. The van der Waals surface area contributed by atoms with Crippen molar-refractivity contribution in [1.29, 1.82) is 0 Å². The van der Waals surface area contributed by atoms with E-state index in [1.807, 2.05) is 49.7 Å². The molecule has 0 aromatic heterocycles. The summed E-state index contributed by atoms with van der Waals surface area (Å²) < 4.78 is 14.6. The third-order valence-electron chi connectivity index (χ3n) is 10.3. The lowest BCUT2D eigenvalue weighted by atomic mass is 9.75. The second kappa shape index (κ2) is 11.0. The average molecular weight is 760 g/mol. The van der Waals surface area contributed by atoms with E-state index in [9.17, 15) is 9.59 Å². The van der Waals surface area contributed by atoms with Gasteiger partial charge in [0.05, 0.1) is 0 Å². The van der Waals surface area contributed by atoms with Crippen molar-refractivity contribution in [3.63, 3.8) is 0 Å². The molecule has 0 radical (unpaired) electrons. The normalized spacial score (nSPS) is 28.6. The molecule has 45 heavy (non-hydrogen) atoms. The third-order valence-corrected chi connectivity index (χ3v) is 12.1. The Morgan fingerprint density at radius 2 is 1.20 bits per heavy atom. The van der Waals surface area contributed by atoms with Crippen molar-refractivity contribution < 1.29 is 19.1 Å². The third kappa shape index (κ3) is 4.83. The van der Waals surface area contributed by atoms with E-state index in [4.69, 9.17) is 20.2 Å². The predicted molar refractivity (Wildman–Crippen MR) is 183 cm³/mol. The van der Waals surface area contributed by atoms with E-state index in [2.05, 4.69) is 36.9 Å². The fourth-order valence-electron chi connectivity index (χ4n) is 8.20. The molecule has 2 aliphatic carbocycles. The topological polar surface area (TPSA) is 110 Å². The van der Waals surface area contributed by atoms with Crippen molar-refractivity contribution in [1.82, 2.24) is 9.80 Å². The van der Waals surface area contributed by atoms with Crippen LogP contribution in [0.25, 0.3) is 0 Å². The Hall–Kier alpha value is -2.57. The van der Waals surface area contributed by atoms with Crippen LogP contribution in [0.5, 0.6) is 11.5 Å². The summed E-state index contributed by atoms with van der Waals surface area (Å²) in [6.45, 7) is 0. The minimum atomic E-state index is -0.930. The van der Waals surface area contributed by atoms with Crippen LogP contribution >= 0.6 is 43.6 Å². The van der Waals surface area contributed by atoms with Gasteiger partial charge in [-0.2, -0.15) is 0 Å². The molecule has 4 aliphatic heterocycles. The number of benzene rings is 2. The first-order chi connectivity index (χ1) is 21.5. The number of amidine groups is 1. The molecule has 2 N–H and O–H groups in total. The second-order valence-corrected chi connectivity index (χ2v) is 15.7. The zero-order valence-corrected chi connectivity index (χ0v) is 29.7. The van der Waals surface area contributed by atoms with E-state index in [-0.39, 0.29) is 29.0 Å². The van der Waals surface area contributed by atoms with E-state index in [1.165, 1.54) is 16.7 Å². The molecular formula is C33H37Br2N5O4S. The average Bonchev–Trinajstić information content (AvgIpc) is 3.77. The standard InChI is InChI=1S/C17H19BrN2O2S.C16H18BrN3O2/c1-20-14(21)17(19-15(20)23-2)10-16(7-3-4-8-16)22-13-6-5-11(18)9-12(13)17;1-20-13(21)16(19-14(20)18)9-15(6-2-3-7-15)22-12-5-4-10(17)8-11(12)16/h5-6,9H,3-4,7-8,10H2,1-2H3;4-5,8H,2-3,6-7,9H2,1H3,(H2,18,19). The second-order valence-electron chi connectivity index (χ2n) is 13.1. The van der Waals surface area contributed by atoms with E-state index < -0.39 is 11.1 Å². The minimum absolute atomic E-state index is 0.0566. The van der Waals surface area contributed by atoms with Crippen LogP contribution in [0.4, 0.5) is 0 Å². The number of hydrogen-bond acceptors (Lipinski definition) is 8. The summed E-state index contributed by atoms with van der Waals surface area (Å²) in [6, 6.07) is 11.7. The first-order valence-corrected chi connectivity index (χ1v) is 18.3. The van der Waals surface area contributed by atoms with Crippen LogP contribution in [-0.2, 0) is 20.7 Å². The Bertz CT molecular complexity index is 1650. The number of likely N-dealkylation sites (N-methyl/N-ethyl adjacent to an activating group) is 2. The first-order valence-electron chi connectivity index (χ1n) is 15.5. The van der Waals surface area contributed by atoms with Gasteiger partial charge in [-0.05, 0) is 94.0 Å². The van der Waals surface area contributed by atoms with Crippen molar-refractivity contribution in [2.24, 2.45) is 15.7 Å². The summed E-state index contributed by atoms with van der Waals surface area (Å²) in [5, 5.41) is 0.788. The van der Waals surface area contributed by atoms with Crippen molar-refractivity contribution in [3.8, 4) is 11.5 Å². The van der Waals surface area contributed by atoms with Crippen molar-refractivity contribution in [3.05, 3.63) is 56.5 Å². The molecule has 4 spiro atoms. The van der Waals surface area contributed by atoms with Crippen LogP contribution < -0.4 is 15.2 Å². The smallest absolute Gasteiger partial charge is 0.261 e. The van der Waals surface area contributed by atoms with Crippen LogP contribution in [0.2, 0.25) is 0 Å². The first kappa shape index (κ1) is 31.1. The molecule has 2 aromatic carbocycles. The highest BCUT2D eigenvalue weighted by Gasteiger charge is 2.60. The summed E-state index contributed by atoms with van der Waals surface area (Å²) in [5.41, 5.74) is 5.39. The van der Waals surface area contributed by atoms with Gasteiger partial charge in [0, 0.05) is 47.0 Å². The van der Waals surface area contributed by atoms with Crippen LogP contribution in [0.1, 0.15) is 75.3 Å². The number of thioether (sulfide) groups is 1. The summed E-state index contributed by atoms with van der Waals surface area (Å²) in [5.74, 6) is 1.87. The van der Waals surface area contributed by atoms with Crippen LogP contribution in [0, 0.1) is 0 Å². The van der Waals surface area contributed by atoms with Crippen molar-refractivity contribution >= 4 is 66.6 Å². The zero-order valence-electron chi connectivity index (χ0n) is 25.7. The molecule has 4 heterocycles. The number of carbonyl (C=O) groups excluding carboxylic acids is 2. The predicted octanol–water partition coefficient (Wildman–Crippen LogP) is 6.46. The summed E-state index contributed by atoms with van der Waals surface area (Å²) in [7, 11) is 3.51. The number of ether oxygens (including phenoxy) is 2. The molecule has 12 heteroatoms. The van der Waals surface area contributed by atoms with Gasteiger partial charge in [0.15, 0.2) is 22.2 Å². The maximum atomic E-state index is 13.2. The summed E-state index contributed by atoms with van der Waals surface area (Å²) >= 11 is 8.54. The molecule has 2 unspecified atom stereocenters. The molecule has 238 valence electrons. The monoisotopic (exact) mass is 757 g/mol. The number of rotatable bonds is 0. The number of halogens is 2. The molecule has 6 aliphatic rings. The van der Waals surface area contributed by atoms with Gasteiger partial charge >= 0.3 is 0 Å². The van der Waals surface area contributed by atoms with E-state index in [0.717, 1.165) is 88.1 Å². The lowest BCUT2D eigenvalue weighted by Crippen LogP contribution is -2.50. The number of guanidine groups is 1. The Labute approximate surface area is 284 Å². The van der Waals surface area contributed by atoms with Gasteiger partial charge in [-0.25, -0.2) is 9.98 Å². The molecule has 2 atom stereocenters. The number of aliphatic imine (C=N–C) groups is 2. The van der Waals surface area contributed by atoms with Crippen LogP contribution in [0.15, 0.2) is 55.3 Å². The quantitative estimate of drug-likeness (QED) is 0.331. The van der Waals surface area contributed by atoms with Gasteiger partial charge in [0.1, 0.15) is 22.7 Å². The number of carbonyl (C=O) groups is 2. The number of amides is 2. The van der Waals surface area contributed by atoms with Crippen LogP contribution in [0.3, 0.4) is 0 Å². The van der Waals surface area contributed by atoms with E-state index in [1.54, 1.807) is 11.9 Å². The van der Waals surface area contributed by atoms with Gasteiger partial charge < -0.3 is 15.2 Å². The van der Waals surface area contributed by atoms with E-state index >= 15 is 0 Å². The molecule has 2 amide bonds. The number of fused-ring (bicyclic) bond motifs is 4. The fraction of sp³-hybridized carbons (Fsp3) is 0.515. The van der Waals surface area contributed by atoms with Crippen molar-refractivity contribution in [2.75, 3.05) is 20.4 Å². The Morgan fingerprint density at radius 1 is 0.756 bits per heavy atom. The SMILES string of the molecule is CN1C(=O)C2(CC3(CCCC3)Oc3ccc(Br)cc32)N=C1N.CSC1=NC2(CC3(CCCC3)Oc3ccc(Br)cc32)C(=O)N1C. The minimum Gasteiger partial charge on any atom is -0.487 e. The lowest BCUT2D eigenvalue weighted by Gasteiger charge is -2.43. The zero-order chi connectivity index (χ0) is 31.8. The molecule has 2 aromatic rings. The van der Waals surface area contributed by atoms with Gasteiger partial charge in [-0.3, -0.25) is 19.4 Å². The van der Waals surface area contributed by atoms with Gasteiger partial charge in [0.2, 0.25) is 0 Å². The number of nitrogens with two attached hydrogens (primary N) is 1. The summed E-state index contributed by atoms with van der Waals surface area (Å²) in [4.78, 5) is 38.8. The Morgan fingerprint density at radius 3 is 1.60 bits per heavy atom. The molecule has 2 saturated carbocycles. The molecule has 0 saturated heterocycles. The van der Waals surface area contributed by atoms with E-state index in [0.29, 0.717) is 12.8 Å². The molecule has 0 bridgehead atoms. The van der Waals surface area contributed by atoms with Gasteiger partial charge in [0.25, 0.3) is 11.8 Å². The molecular weight excluding hydrogens is 722 g/mol. The highest BCUT2D eigenvalue weighted by atomic mass is 79.9. The number of nitrogens with zero attached hydrogens (tertiary/aromatic N) is 4. The molecule has 9 nitrogen and oxygen atoms in total. The summed E-state index contributed by atoms with van der Waals surface area (Å²) in [6.07, 6.45) is 11.7. The highest BCUT2D eigenvalue weighted by Crippen LogP contribution is 2.55. The lowest BCUT2D eigenvalue weighted by molar-refractivity contribution is -0.134. The van der Waals surface area contributed by atoms with Gasteiger partial charge in [-0.15, -0.1) is 0 Å². The maximum absolute atomic E-state index is 13.2. The molecule has 8 rings (SSSR count). The Kier molecular flexibility index (Phi) is 7.60. The maximum Gasteiger partial charge on any atom is 0.261 e. The molecule has 2 fully saturated rings. The fourth-order valence-corrected chi connectivity index (χ4v) is 9.53. The van der Waals surface area contributed by atoms with Gasteiger partial charge in [-0.1, -0.05) is 43.6 Å². The highest BCUT2D eigenvalue weighted by molar-refractivity contribution is 9.10. The van der Waals surface area contributed by atoms with Crippen LogP contribution in [-0.4, -0.2) is 64.3 Å². The number of hydrogen-bond donors (Lipinski definition) is 1. The largest absolute Gasteiger partial charge is 0.487 e. The van der Waals surface area contributed by atoms with Crippen molar-refractivity contribution in [2.45, 2.75) is 86.5 Å².